The van der Waals surface area contributed by atoms with Crippen molar-refractivity contribution in [3.05, 3.63) is 12.1 Å². The van der Waals surface area contributed by atoms with E-state index in [1.807, 2.05) is 0 Å². The van der Waals surface area contributed by atoms with E-state index >= 15 is 0 Å². The van der Waals surface area contributed by atoms with Crippen LogP contribution in [0.2, 0.25) is 0 Å². The summed E-state index contributed by atoms with van der Waals surface area (Å²) in [6.07, 6.45) is 1.01. The van der Waals surface area contributed by atoms with E-state index in [9.17, 15) is 0 Å². The van der Waals surface area contributed by atoms with Crippen molar-refractivity contribution in [1.29, 1.82) is 0 Å². The summed E-state index contributed by atoms with van der Waals surface area (Å²) >= 11 is 0. The molecule has 5 heteroatoms. The number of methoxy groups -OCH3 is 1. The van der Waals surface area contributed by atoms with Crippen molar-refractivity contribution >= 4 is 5.69 Å². The van der Waals surface area contributed by atoms with Gasteiger partial charge in [0.25, 0.3) is 0 Å². The van der Waals surface area contributed by atoms with Gasteiger partial charge in [-0.05, 0) is 12.5 Å². The highest BCUT2D eigenvalue weighted by Crippen LogP contribution is 2.21. The van der Waals surface area contributed by atoms with Crippen LogP contribution in [0.4, 0.5) is 5.69 Å². The van der Waals surface area contributed by atoms with Crippen molar-refractivity contribution in [2.24, 2.45) is 0 Å². The Balaban J connectivity index is 2.36. The minimum atomic E-state index is 0.381. The van der Waals surface area contributed by atoms with E-state index in [-0.39, 0.29) is 0 Å². The number of anilines is 1. The molecule has 0 aliphatic heterocycles. The number of nitrogens with zero attached hydrogens (tertiary/aromatic N) is 1. The molecule has 0 unspecified atom stereocenters. The number of aromatic nitrogens is 1. The average molecular weight is 226 g/mol. The standard InChI is InChI=1S/C11H18N2O3/c1-3-6-15-7-8-16-10-5-4-9(12)11(13-10)14-2/h4-5H,3,6-8,12H2,1-2H3. The minimum Gasteiger partial charge on any atom is -0.479 e. The maximum atomic E-state index is 5.63. The first kappa shape index (κ1) is 12.6. The van der Waals surface area contributed by atoms with E-state index in [0.717, 1.165) is 13.0 Å². The molecule has 0 aliphatic rings. The predicted octanol–water partition coefficient (Wildman–Crippen LogP) is 1.48. The molecule has 0 spiro atoms. The fraction of sp³-hybridized carbons (Fsp3) is 0.545. The van der Waals surface area contributed by atoms with Gasteiger partial charge in [0.05, 0.1) is 19.4 Å². The van der Waals surface area contributed by atoms with Gasteiger partial charge in [0.1, 0.15) is 6.61 Å². The normalized spacial score (nSPS) is 10.1. The molecule has 0 aromatic carbocycles. The molecule has 0 aliphatic carbocycles. The Kier molecular flexibility index (Phi) is 5.42. The number of hydrogen-bond acceptors (Lipinski definition) is 5. The highest BCUT2D eigenvalue weighted by molar-refractivity contribution is 5.49. The highest BCUT2D eigenvalue weighted by Gasteiger charge is 2.03. The topological polar surface area (TPSA) is 66.6 Å². The maximum absolute atomic E-state index is 5.63. The van der Waals surface area contributed by atoms with E-state index in [0.29, 0.717) is 30.7 Å². The molecule has 1 aromatic heterocycles. The number of hydrogen-bond donors (Lipinski definition) is 1. The van der Waals surface area contributed by atoms with Crippen LogP contribution in [0.15, 0.2) is 12.1 Å². The van der Waals surface area contributed by atoms with Crippen molar-refractivity contribution in [2.45, 2.75) is 13.3 Å². The van der Waals surface area contributed by atoms with E-state index in [4.69, 9.17) is 19.9 Å². The largest absolute Gasteiger partial charge is 0.479 e. The third-order valence-electron chi connectivity index (χ3n) is 1.88. The molecule has 0 amide bonds. The van der Waals surface area contributed by atoms with Crippen LogP contribution in [0.25, 0.3) is 0 Å². The molecule has 0 radical (unpaired) electrons. The third kappa shape index (κ3) is 3.94. The quantitative estimate of drug-likeness (QED) is 0.713. The number of pyridine rings is 1. The molecule has 90 valence electrons. The Morgan fingerprint density at radius 1 is 1.25 bits per heavy atom. The Bertz CT molecular complexity index is 318. The maximum Gasteiger partial charge on any atom is 0.240 e. The van der Waals surface area contributed by atoms with Gasteiger partial charge >= 0.3 is 0 Å². The fourth-order valence-electron chi connectivity index (χ4n) is 1.13. The van der Waals surface area contributed by atoms with E-state index in [1.54, 1.807) is 12.1 Å². The zero-order valence-corrected chi connectivity index (χ0v) is 9.73. The van der Waals surface area contributed by atoms with Crippen molar-refractivity contribution < 1.29 is 14.2 Å². The van der Waals surface area contributed by atoms with Gasteiger partial charge in [-0.15, -0.1) is 0 Å². The van der Waals surface area contributed by atoms with Crippen LogP contribution < -0.4 is 15.2 Å². The molecule has 1 rings (SSSR count). The van der Waals surface area contributed by atoms with Crippen LogP contribution in [0.5, 0.6) is 11.8 Å². The number of nitrogens with two attached hydrogens (primary N) is 1. The summed E-state index contributed by atoms with van der Waals surface area (Å²) in [5.74, 6) is 0.873. The smallest absolute Gasteiger partial charge is 0.240 e. The number of rotatable bonds is 7. The van der Waals surface area contributed by atoms with Crippen molar-refractivity contribution in [3.8, 4) is 11.8 Å². The summed E-state index contributed by atoms with van der Waals surface area (Å²) < 4.78 is 15.6. The summed E-state index contributed by atoms with van der Waals surface area (Å²) in [4.78, 5) is 4.08. The Morgan fingerprint density at radius 2 is 2.06 bits per heavy atom. The van der Waals surface area contributed by atoms with E-state index in [1.165, 1.54) is 7.11 Å². The van der Waals surface area contributed by atoms with Gasteiger partial charge < -0.3 is 19.9 Å². The summed E-state index contributed by atoms with van der Waals surface area (Å²) in [6.45, 7) is 3.84. The summed E-state index contributed by atoms with van der Waals surface area (Å²) in [6, 6.07) is 3.41. The predicted molar refractivity (Wildman–Crippen MR) is 61.8 cm³/mol. The lowest BCUT2D eigenvalue weighted by Crippen LogP contribution is -2.08. The molecule has 0 fully saturated rings. The number of nitrogen functional groups attached to an aromatic ring is 1. The van der Waals surface area contributed by atoms with Gasteiger partial charge in [0, 0.05) is 12.7 Å². The van der Waals surface area contributed by atoms with Crippen molar-refractivity contribution in [2.75, 3.05) is 32.7 Å². The third-order valence-corrected chi connectivity index (χ3v) is 1.88. The molecule has 1 heterocycles. The van der Waals surface area contributed by atoms with Gasteiger partial charge in [0.2, 0.25) is 11.8 Å². The molecule has 1 aromatic rings. The van der Waals surface area contributed by atoms with Gasteiger partial charge in [0.15, 0.2) is 0 Å². The lowest BCUT2D eigenvalue weighted by atomic mass is 10.4. The SMILES string of the molecule is CCCOCCOc1ccc(N)c(OC)n1. The van der Waals surface area contributed by atoms with Gasteiger partial charge in [-0.25, -0.2) is 0 Å². The lowest BCUT2D eigenvalue weighted by Gasteiger charge is -2.08. The molecule has 5 nitrogen and oxygen atoms in total. The van der Waals surface area contributed by atoms with Crippen LogP contribution in [-0.2, 0) is 4.74 Å². The Morgan fingerprint density at radius 3 is 2.75 bits per heavy atom. The second-order valence-electron chi connectivity index (χ2n) is 3.21. The molecule has 0 saturated heterocycles. The van der Waals surface area contributed by atoms with Gasteiger partial charge in [-0.1, -0.05) is 6.92 Å². The molecule has 0 atom stereocenters. The second-order valence-corrected chi connectivity index (χ2v) is 3.21. The van der Waals surface area contributed by atoms with Crippen LogP contribution in [0, 0.1) is 0 Å². The molecular weight excluding hydrogens is 208 g/mol. The van der Waals surface area contributed by atoms with Crippen LogP contribution in [0.1, 0.15) is 13.3 Å². The summed E-state index contributed by atoms with van der Waals surface area (Å²) in [7, 11) is 1.52. The van der Waals surface area contributed by atoms with E-state index in [2.05, 4.69) is 11.9 Å². The van der Waals surface area contributed by atoms with Crippen LogP contribution in [0.3, 0.4) is 0 Å². The Labute approximate surface area is 95.5 Å². The number of ether oxygens (including phenoxy) is 3. The molecular formula is C11H18N2O3. The zero-order chi connectivity index (χ0) is 11.8. The zero-order valence-electron chi connectivity index (χ0n) is 9.73. The molecule has 0 saturated carbocycles. The average Bonchev–Trinajstić information content (AvgIpc) is 2.31. The van der Waals surface area contributed by atoms with Crippen molar-refractivity contribution in [3.63, 3.8) is 0 Å². The first-order chi connectivity index (χ1) is 7.77. The monoisotopic (exact) mass is 226 g/mol. The first-order valence-corrected chi connectivity index (χ1v) is 5.29. The van der Waals surface area contributed by atoms with Crippen molar-refractivity contribution in [1.82, 2.24) is 4.98 Å². The van der Waals surface area contributed by atoms with Crippen LogP contribution in [-0.4, -0.2) is 31.9 Å². The molecule has 16 heavy (non-hydrogen) atoms. The molecule has 2 N–H and O–H groups in total. The Hall–Kier alpha value is -1.49. The van der Waals surface area contributed by atoms with Gasteiger partial charge in [-0.2, -0.15) is 4.98 Å². The second kappa shape index (κ2) is 6.90. The fourth-order valence-corrected chi connectivity index (χ4v) is 1.13. The lowest BCUT2D eigenvalue weighted by molar-refractivity contribution is 0.0988. The summed E-state index contributed by atoms with van der Waals surface area (Å²) in [5, 5.41) is 0. The minimum absolute atomic E-state index is 0.381. The van der Waals surface area contributed by atoms with E-state index < -0.39 is 0 Å². The summed E-state index contributed by atoms with van der Waals surface area (Å²) in [5.41, 5.74) is 6.12. The van der Waals surface area contributed by atoms with Gasteiger partial charge in [-0.3, -0.25) is 0 Å². The van der Waals surface area contributed by atoms with Crippen LogP contribution >= 0.6 is 0 Å². The molecule has 0 bridgehead atoms. The first-order valence-electron chi connectivity index (χ1n) is 5.29. The highest BCUT2D eigenvalue weighted by atomic mass is 16.5.